The number of ether oxygens (including phenoxy) is 1. The minimum Gasteiger partial charge on any atom is -0.497 e. The molecule has 0 aliphatic rings. The average Bonchev–Trinajstić information content (AvgIpc) is 2.36. The Morgan fingerprint density at radius 3 is 2.53 bits per heavy atom. The van der Waals surface area contributed by atoms with Crippen molar-refractivity contribution < 1.29 is 14.3 Å². The number of hydrogen-bond donors (Lipinski definition) is 1. The largest absolute Gasteiger partial charge is 0.497 e. The third-order valence-electron chi connectivity index (χ3n) is 3.07. The summed E-state index contributed by atoms with van der Waals surface area (Å²) < 4.78 is 10.8. The summed E-state index contributed by atoms with van der Waals surface area (Å²) in [5.41, 5.74) is 0.474. The Morgan fingerprint density at radius 2 is 2.00 bits per heavy atom. The van der Waals surface area contributed by atoms with E-state index >= 15 is 0 Å². The summed E-state index contributed by atoms with van der Waals surface area (Å²) in [5, 5.41) is 9.93. The highest BCUT2D eigenvalue weighted by Crippen LogP contribution is 2.27. The number of hydrogen-bond acceptors (Lipinski definition) is 4. The molecule has 0 aliphatic heterocycles. The Bertz CT molecular complexity index is 662. The van der Waals surface area contributed by atoms with Gasteiger partial charge in [0.1, 0.15) is 23.7 Å². The van der Waals surface area contributed by atoms with Gasteiger partial charge in [0.05, 0.1) is 12.5 Å². The summed E-state index contributed by atoms with van der Waals surface area (Å²) in [5.74, 6) is 0.932. The van der Waals surface area contributed by atoms with Crippen molar-refractivity contribution >= 4 is 11.0 Å². The van der Waals surface area contributed by atoms with E-state index in [9.17, 15) is 9.90 Å². The van der Waals surface area contributed by atoms with Gasteiger partial charge in [-0.1, -0.05) is 20.8 Å². The smallest absolute Gasteiger partial charge is 0.196 e. The van der Waals surface area contributed by atoms with Crippen LogP contribution in [-0.2, 0) is 12.0 Å². The Labute approximate surface area is 111 Å². The number of rotatable bonds is 2. The van der Waals surface area contributed by atoms with Gasteiger partial charge < -0.3 is 14.3 Å². The van der Waals surface area contributed by atoms with Gasteiger partial charge in [0, 0.05) is 11.6 Å². The van der Waals surface area contributed by atoms with Gasteiger partial charge in [-0.05, 0) is 17.5 Å². The normalized spacial score (nSPS) is 11.8. The van der Waals surface area contributed by atoms with E-state index in [1.165, 1.54) is 0 Å². The van der Waals surface area contributed by atoms with Crippen LogP contribution in [0.5, 0.6) is 5.75 Å². The summed E-state index contributed by atoms with van der Waals surface area (Å²) in [4.78, 5) is 12.5. The van der Waals surface area contributed by atoms with Gasteiger partial charge >= 0.3 is 0 Å². The summed E-state index contributed by atoms with van der Waals surface area (Å²) in [6, 6.07) is 5.07. The molecule has 1 N–H and O–H groups in total. The predicted octanol–water partition coefficient (Wildman–Crippen LogP) is 2.59. The van der Waals surface area contributed by atoms with Gasteiger partial charge in [-0.2, -0.15) is 0 Å². The number of aliphatic hydroxyl groups is 1. The molecule has 102 valence electrons. The Morgan fingerprint density at radius 1 is 1.32 bits per heavy atom. The van der Waals surface area contributed by atoms with Crippen molar-refractivity contribution in [3.05, 3.63) is 39.7 Å². The lowest BCUT2D eigenvalue weighted by molar-refractivity contribution is 0.243. The van der Waals surface area contributed by atoms with Crippen LogP contribution in [0.4, 0.5) is 0 Å². The Balaban J connectivity index is 2.86. The second kappa shape index (κ2) is 4.70. The van der Waals surface area contributed by atoms with Gasteiger partial charge in [0.25, 0.3) is 0 Å². The molecule has 0 saturated heterocycles. The first kappa shape index (κ1) is 13.6. The molecule has 0 atom stereocenters. The lowest BCUT2D eigenvalue weighted by atomic mass is 9.85. The molecule has 0 saturated carbocycles. The molecule has 4 nitrogen and oxygen atoms in total. The number of aliphatic hydroxyl groups excluding tert-OH is 1. The monoisotopic (exact) mass is 262 g/mol. The molecule has 0 amide bonds. The van der Waals surface area contributed by atoms with Gasteiger partial charge in [-0.15, -0.1) is 0 Å². The first-order valence-corrected chi connectivity index (χ1v) is 6.13. The quantitative estimate of drug-likeness (QED) is 0.903. The fourth-order valence-corrected chi connectivity index (χ4v) is 2.22. The first-order chi connectivity index (χ1) is 8.88. The van der Waals surface area contributed by atoms with Crippen LogP contribution in [-0.4, -0.2) is 12.2 Å². The minimum absolute atomic E-state index is 0.0968. The zero-order chi connectivity index (χ0) is 14.2. The highest BCUT2D eigenvalue weighted by molar-refractivity contribution is 5.79. The Hall–Kier alpha value is -1.81. The summed E-state index contributed by atoms with van der Waals surface area (Å²) in [7, 11) is 1.55. The Kier molecular flexibility index (Phi) is 3.37. The zero-order valence-corrected chi connectivity index (χ0v) is 11.6. The van der Waals surface area contributed by atoms with E-state index in [-0.39, 0.29) is 17.5 Å². The second-order valence-corrected chi connectivity index (χ2v) is 5.50. The minimum atomic E-state index is -0.382. The van der Waals surface area contributed by atoms with E-state index in [0.717, 1.165) is 0 Å². The maximum atomic E-state index is 12.5. The van der Waals surface area contributed by atoms with Crippen molar-refractivity contribution in [3.63, 3.8) is 0 Å². The topological polar surface area (TPSA) is 59.7 Å². The molecule has 0 fully saturated rings. The molecule has 0 radical (unpaired) electrons. The summed E-state index contributed by atoms with van der Waals surface area (Å²) in [6.45, 7) is 5.48. The van der Waals surface area contributed by atoms with E-state index in [4.69, 9.17) is 9.15 Å². The maximum absolute atomic E-state index is 12.5. The highest BCUT2D eigenvalue weighted by atomic mass is 16.5. The maximum Gasteiger partial charge on any atom is 0.196 e. The van der Waals surface area contributed by atoms with Crippen molar-refractivity contribution in [1.29, 1.82) is 0 Å². The van der Waals surface area contributed by atoms with Gasteiger partial charge in [0.2, 0.25) is 0 Å². The first-order valence-electron chi connectivity index (χ1n) is 6.13. The number of fused-ring (bicyclic) bond motifs is 1. The fourth-order valence-electron chi connectivity index (χ4n) is 2.22. The summed E-state index contributed by atoms with van der Waals surface area (Å²) >= 11 is 0. The molecule has 0 bridgehead atoms. The van der Waals surface area contributed by atoms with Gasteiger partial charge in [-0.3, -0.25) is 4.79 Å². The second-order valence-electron chi connectivity index (χ2n) is 5.50. The SMILES string of the molecule is COc1ccc2c(=O)c(C(C)(C)C)c(CO)oc2c1. The molecule has 2 aromatic rings. The molecule has 0 unspecified atom stereocenters. The zero-order valence-electron chi connectivity index (χ0n) is 11.6. The highest BCUT2D eigenvalue weighted by Gasteiger charge is 2.25. The van der Waals surface area contributed by atoms with Crippen LogP contribution >= 0.6 is 0 Å². The van der Waals surface area contributed by atoms with Crippen LogP contribution in [0.15, 0.2) is 27.4 Å². The molecule has 1 heterocycles. The van der Waals surface area contributed by atoms with Crippen LogP contribution in [0.3, 0.4) is 0 Å². The number of benzene rings is 1. The third kappa shape index (κ3) is 2.36. The van der Waals surface area contributed by atoms with E-state index in [0.29, 0.717) is 28.0 Å². The standard InChI is InChI=1S/C15H18O4/c1-15(2,3)13-12(8-16)19-11-7-9(18-4)5-6-10(11)14(13)17/h5-7,16H,8H2,1-4H3. The van der Waals surface area contributed by atoms with Gasteiger partial charge in [-0.25, -0.2) is 0 Å². The van der Waals surface area contributed by atoms with E-state index in [1.807, 2.05) is 20.8 Å². The third-order valence-corrected chi connectivity index (χ3v) is 3.07. The van der Waals surface area contributed by atoms with E-state index in [1.54, 1.807) is 25.3 Å². The van der Waals surface area contributed by atoms with E-state index < -0.39 is 0 Å². The molecule has 19 heavy (non-hydrogen) atoms. The molecule has 1 aromatic carbocycles. The molecular formula is C15H18O4. The van der Waals surface area contributed by atoms with Crippen molar-refractivity contribution in [3.8, 4) is 5.75 Å². The van der Waals surface area contributed by atoms with Crippen molar-refractivity contribution in [2.75, 3.05) is 7.11 Å². The molecule has 4 heteroatoms. The molecular weight excluding hydrogens is 244 g/mol. The molecule has 2 rings (SSSR count). The van der Waals surface area contributed by atoms with Crippen molar-refractivity contribution in [1.82, 2.24) is 0 Å². The molecule has 0 spiro atoms. The lowest BCUT2D eigenvalue weighted by Gasteiger charge is -2.20. The van der Waals surface area contributed by atoms with Crippen LogP contribution in [0.25, 0.3) is 11.0 Å². The fraction of sp³-hybridized carbons (Fsp3) is 0.400. The van der Waals surface area contributed by atoms with Crippen LogP contribution in [0.1, 0.15) is 32.1 Å². The van der Waals surface area contributed by atoms with Crippen LogP contribution in [0.2, 0.25) is 0 Å². The lowest BCUT2D eigenvalue weighted by Crippen LogP contribution is -2.25. The van der Waals surface area contributed by atoms with Crippen molar-refractivity contribution in [2.45, 2.75) is 32.8 Å². The summed E-state index contributed by atoms with van der Waals surface area (Å²) in [6.07, 6.45) is 0. The number of methoxy groups -OCH3 is 1. The van der Waals surface area contributed by atoms with Crippen LogP contribution in [0, 0.1) is 0 Å². The predicted molar refractivity (Wildman–Crippen MR) is 73.7 cm³/mol. The van der Waals surface area contributed by atoms with Crippen LogP contribution < -0.4 is 10.2 Å². The van der Waals surface area contributed by atoms with Gasteiger partial charge in [0.15, 0.2) is 5.43 Å². The van der Waals surface area contributed by atoms with E-state index in [2.05, 4.69) is 0 Å². The molecule has 1 aromatic heterocycles. The van der Waals surface area contributed by atoms with Crippen molar-refractivity contribution in [2.24, 2.45) is 0 Å². The molecule has 0 aliphatic carbocycles. The average molecular weight is 262 g/mol.